The monoisotopic (exact) mass is 282 g/mol. The van der Waals surface area contributed by atoms with Crippen molar-refractivity contribution >= 4 is 18.1 Å². The maximum atomic E-state index is 11.3. The molecule has 1 heterocycles. The Labute approximate surface area is 119 Å². The molecule has 0 saturated carbocycles. The van der Waals surface area contributed by atoms with Crippen LogP contribution in [0.3, 0.4) is 0 Å². The Bertz CT molecular complexity index is 840. The molecule has 0 amide bonds. The second-order valence-corrected chi connectivity index (χ2v) is 4.26. The van der Waals surface area contributed by atoms with Crippen LogP contribution in [0.5, 0.6) is 5.75 Å². The van der Waals surface area contributed by atoms with Crippen LogP contribution in [-0.4, -0.2) is 16.1 Å². The van der Waals surface area contributed by atoms with Crippen molar-refractivity contribution in [1.29, 1.82) is 0 Å². The van der Waals surface area contributed by atoms with Crippen LogP contribution in [-0.2, 0) is 4.94 Å². The largest absolute Gasteiger partial charge is 0.722 e. The molecule has 0 bridgehead atoms. The van der Waals surface area contributed by atoms with Crippen molar-refractivity contribution < 1.29 is 14.8 Å². The molecule has 7 nitrogen and oxygen atoms in total. The molecule has 0 atom stereocenters. The maximum Gasteiger partial charge on any atom is 0.338 e. The molecule has 7 heteroatoms. The van der Waals surface area contributed by atoms with E-state index in [1.54, 1.807) is 48.7 Å². The van der Waals surface area contributed by atoms with Crippen LogP contribution in [0.4, 0.5) is 5.69 Å². The van der Waals surface area contributed by atoms with E-state index in [9.17, 15) is 5.21 Å². The Kier molecular flexibility index (Phi) is 3.34. The van der Waals surface area contributed by atoms with Gasteiger partial charge in [-0.1, -0.05) is 11.2 Å². The molecule has 1 N–H and O–H groups in total. The van der Waals surface area contributed by atoms with Crippen LogP contribution in [0.25, 0.3) is 6.20 Å². The Morgan fingerprint density at radius 2 is 2.05 bits per heavy atom. The van der Waals surface area contributed by atoms with Crippen molar-refractivity contribution in [2.75, 3.05) is 5.23 Å². The molecular weight excluding hydrogens is 272 g/mol. The molecule has 21 heavy (non-hydrogen) atoms. The van der Waals surface area contributed by atoms with E-state index >= 15 is 0 Å². The highest BCUT2D eigenvalue weighted by atomic mass is 17.0. The number of rotatable bonds is 2. The van der Waals surface area contributed by atoms with Crippen LogP contribution in [0, 0.1) is 5.21 Å². The van der Waals surface area contributed by atoms with Crippen LogP contribution < -0.4 is 15.8 Å². The lowest BCUT2D eigenvalue weighted by atomic mass is 10.2. The standard InChI is InChI=1S/C14H9N4O3/c19-12-4-1-10(2-5-12)8-15-16-9-11-3-6-13-14(7-11)18(20)21-17-13/h1-9H/q-1/p+1/b11-9+. The first-order valence-corrected chi connectivity index (χ1v) is 6.07. The van der Waals surface area contributed by atoms with Crippen molar-refractivity contribution in [3.8, 4) is 5.75 Å². The highest BCUT2D eigenvalue weighted by molar-refractivity contribution is 5.75. The number of aromatic hydroxyl groups is 1. The summed E-state index contributed by atoms with van der Waals surface area (Å²) in [5, 5.41) is 29.4. The van der Waals surface area contributed by atoms with Gasteiger partial charge in [0.15, 0.2) is 0 Å². The third kappa shape index (κ3) is 2.89. The van der Waals surface area contributed by atoms with Gasteiger partial charge in [-0.2, -0.15) is 0 Å². The smallest absolute Gasteiger partial charge is 0.338 e. The third-order valence-corrected chi connectivity index (χ3v) is 2.78. The first kappa shape index (κ1) is 12.9. The number of nitrogens with zero attached hydrogens (tertiary/aromatic N) is 4. The fourth-order valence-corrected chi connectivity index (χ4v) is 1.73. The van der Waals surface area contributed by atoms with Gasteiger partial charge in [-0.15, -0.1) is 0 Å². The Balaban J connectivity index is 1.83. The molecular formula is C14H10N4O3. The molecule has 0 fully saturated rings. The first-order chi connectivity index (χ1) is 10.2. The van der Waals surface area contributed by atoms with Gasteiger partial charge in [-0.25, -0.2) is 5.23 Å². The van der Waals surface area contributed by atoms with E-state index in [1.807, 2.05) is 0 Å². The number of benzene rings is 2. The van der Waals surface area contributed by atoms with E-state index < -0.39 is 0 Å². The summed E-state index contributed by atoms with van der Waals surface area (Å²) in [4.78, 5) is 8.38. The van der Waals surface area contributed by atoms with Crippen LogP contribution in [0.15, 0.2) is 52.7 Å². The van der Waals surface area contributed by atoms with E-state index in [2.05, 4.69) is 20.0 Å². The lowest BCUT2D eigenvalue weighted by molar-refractivity contribution is -0.0661. The van der Waals surface area contributed by atoms with Gasteiger partial charge in [0.05, 0.1) is 16.0 Å². The minimum Gasteiger partial charge on any atom is -0.722 e. The summed E-state index contributed by atoms with van der Waals surface area (Å²) in [5.41, 5.74) is 1.15. The van der Waals surface area contributed by atoms with Crippen molar-refractivity contribution in [2.24, 2.45) is 10.3 Å². The van der Waals surface area contributed by atoms with Gasteiger partial charge in [0, 0.05) is 5.22 Å². The first-order valence-electron chi connectivity index (χ1n) is 6.07. The van der Waals surface area contributed by atoms with Crippen LogP contribution in [0.2, 0.25) is 0 Å². The van der Waals surface area contributed by atoms with E-state index in [1.165, 1.54) is 6.20 Å². The minimum atomic E-state index is 0.198. The summed E-state index contributed by atoms with van der Waals surface area (Å²) in [6.07, 6.45) is 3.07. The quantitative estimate of drug-likeness (QED) is 0.498. The Hall–Kier alpha value is -3.15. The Morgan fingerprint density at radius 1 is 1.24 bits per heavy atom. The number of phenolic OH excluding ortho intramolecular Hbond substituents is 1. The number of fused-ring (bicyclic) bond motifs is 1. The lowest BCUT2D eigenvalue weighted by Gasteiger charge is -2.19. The molecule has 3 rings (SSSR count). The number of hydrogen-bond donors (Lipinski definition) is 1. The summed E-state index contributed by atoms with van der Waals surface area (Å²) in [6.45, 7) is 0. The summed E-state index contributed by atoms with van der Waals surface area (Å²) in [6, 6.07) is 11.6. The highest BCUT2D eigenvalue weighted by Gasteiger charge is 2.06. The Morgan fingerprint density at radius 3 is 2.86 bits per heavy atom. The zero-order valence-corrected chi connectivity index (χ0v) is 10.7. The summed E-state index contributed by atoms with van der Waals surface area (Å²) >= 11 is 0. The van der Waals surface area contributed by atoms with Gasteiger partial charge in [0.1, 0.15) is 22.4 Å². The predicted molar refractivity (Wildman–Crippen MR) is 74.6 cm³/mol. The zero-order valence-electron chi connectivity index (χ0n) is 10.7. The fraction of sp³-hybridized carbons (Fsp3) is 0. The predicted octanol–water partition coefficient (Wildman–Crippen LogP) is 0.694. The lowest BCUT2D eigenvalue weighted by Crippen LogP contribution is -2.15. The van der Waals surface area contributed by atoms with Gasteiger partial charge in [0.25, 0.3) is 0 Å². The average Bonchev–Trinajstić information content (AvgIpc) is 2.87. The highest BCUT2D eigenvalue weighted by Crippen LogP contribution is 2.09. The van der Waals surface area contributed by atoms with Crippen molar-refractivity contribution in [2.45, 2.75) is 0 Å². The number of phenols is 1. The summed E-state index contributed by atoms with van der Waals surface area (Å²) < 4.78 is 0. The molecule has 2 aromatic rings. The molecule has 1 aliphatic rings. The SMILES string of the molecule is [O-]N1ON=c2cc/c(=C\N=[N+]=Cc3ccc(O)cc3)cc21. The van der Waals surface area contributed by atoms with Crippen molar-refractivity contribution in [1.82, 2.24) is 0 Å². The van der Waals surface area contributed by atoms with Gasteiger partial charge in [-0.05, 0) is 36.4 Å². The normalized spacial score (nSPS) is 13.0. The van der Waals surface area contributed by atoms with E-state index in [4.69, 9.17) is 5.11 Å². The number of anilines is 1. The second kappa shape index (κ2) is 5.46. The van der Waals surface area contributed by atoms with E-state index in [-0.39, 0.29) is 5.75 Å². The molecule has 0 aromatic heterocycles. The van der Waals surface area contributed by atoms with Crippen molar-refractivity contribution in [3.05, 3.63) is 63.8 Å². The third-order valence-electron chi connectivity index (χ3n) is 2.78. The second-order valence-electron chi connectivity index (χ2n) is 4.26. The molecule has 104 valence electrons. The molecule has 1 aliphatic heterocycles. The number of hydrogen-bond acceptors (Lipinski definition) is 6. The molecule has 0 aliphatic carbocycles. The molecule has 0 radical (unpaired) electrons. The molecule has 0 spiro atoms. The van der Waals surface area contributed by atoms with Gasteiger partial charge in [0.2, 0.25) is 0 Å². The maximum absolute atomic E-state index is 11.3. The summed E-state index contributed by atoms with van der Waals surface area (Å²) in [7, 11) is 0. The zero-order chi connectivity index (χ0) is 14.7. The van der Waals surface area contributed by atoms with Gasteiger partial charge in [-0.3, -0.25) is 4.94 Å². The average molecular weight is 282 g/mol. The summed E-state index contributed by atoms with van der Waals surface area (Å²) in [5.74, 6) is 0.198. The topological polar surface area (TPSA) is 94.6 Å². The van der Waals surface area contributed by atoms with E-state index in [0.717, 1.165) is 5.56 Å². The molecule has 0 unspecified atom stereocenters. The van der Waals surface area contributed by atoms with Crippen molar-refractivity contribution in [3.63, 3.8) is 0 Å². The minimum absolute atomic E-state index is 0.198. The fourth-order valence-electron chi connectivity index (χ4n) is 1.73. The van der Waals surface area contributed by atoms with E-state index in [0.29, 0.717) is 21.5 Å². The molecule has 0 saturated heterocycles. The van der Waals surface area contributed by atoms with Crippen LogP contribution >= 0.6 is 0 Å². The van der Waals surface area contributed by atoms with Gasteiger partial charge < -0.3 is 10.3 Å². The van der Waals surface area contributed by atoms with Gasteiger partial charge >= 0.3 is 6.21 Å². The van der Waals surface area contributed by atoms with Crippen LogP contribution in [0.1, 0.15) is 5.56 Å². The molecule has 2 aromatic carbocycles.